The molecule has 14 heteroatoms. The number of carboxylic acids is 1. The number of carboxylic acid groups (broad SMARTS) is 1. The van der Waals surface area contributed by atoms with Crippen LogP contribution in [-0.4, -0.2) is 95.0 Å². The highest BCUT2D eigenvalue weighted by atomic mass is 19.4. The molecule has 2 fully saturated rings. The Balaban J connectivity index is 0.000000617. The summed E-state index contributed by atoms with van der Waals surface area (Å²) < 4.78 is 61.1. The second-order valence-electron chi connectivity index (χ2n) is 12.3. The van der Waals surface area contributed by atoms with Crippen molar-refractivity contribution in [1.82, 2.24) is 20.0 Å². The van der Waals surface area contributed by atoms with E-state index in [4.69, 9.17) is 9.90 Å². The smallest absolute Gasteiger partial charge is 0.475 e. The summed E-state index contributed by atoms with van der Waals surface area (Å²) in [6.07, 6.45) is -3.53. The van der Waals surface area contributed by atoms with Crippen LogP contribution in [0.3, 0.4) is 0 Å². The molecule has 0 spiro atoms. The zero-order valence-corrected chi connectivity index (χ0v) is 25.7. The number of hydrogen-bond donors (Lipinski definition) is 2. The fraction of sp³-hybridized carbons (Fsp3) is 0.500. The molecule has 2 saturated heterocycles. The van der Waals surface area contributed by atoms with Gasteiger partial charge < -0.3 is 25.1 Å². The molecule has 0 radical (unpaired) electrons. The number of rotatable bonds is 6. The summed E-state index contributed by atoms with van der Waals surface area (Å²) in [6, 6.07) is 7.84. The molecule has 0 unspecified atom stereocenters. The van der Waals surface area contributed by atoms with Gasteiger partial charge in [-0.2, -0.15) is 13.2 Å². The lowest BCUT2D eigenvalue weighted by Crippen LogP contribution is -2.67. The first-order valence-electron chi connectivity index (χ1n) is 15.0. The number of halogens is 5. The Kier molecular flexibility index (Phi) is 10.7. The van der Waals surface area contributed by atoms with Crippen molar-refractivity contribution in [3.8, 4) is 0 Å². The van der Waals surface area contributed by atoms with Crippen LogP contribution in [0, 0.1) is 23.5 Å². The van der Waals surface area contributed by atoms with E-state index in [1.54, 1.807) is 4.90 Å². The molecular weight excluding hydrogens is 615 g/mol. The molecule has 0 bridgehead atoms. The molecule has 3 aliphatic rings. The van der Waals surface area contributed by atoms with Gasteiger partial charge in [0.1, 0.15) is 29.8 Å². The zero-order chi connectivity index (χ0) is 33.9. The van der Waals surface area contributed by atoms with Gasteiger partial charge in [0.2, 0.25) is 17.7 Å². The van der Waals surface area contributed by atoms with Crippen molar-refractivity contribution in [2.24, 2.45) is 11.8 Å². The van der Waals surface area contributed by atoms with Gasteiger partial charge >= 0.3 is 12.1 Å². The number of aliphatic carboxylic acids is 1. The van der Waals surface area contributed by atoms with Crippen LogP contribution in [0.25, 0.3) is 0 Å². The average Bonchev–Trinajstić information content (AvgIpc) is 3.41. The maximum absolute atomic E-state index is 15.4. The van der Waals surface area contributed by atoms with E-state index >= 15 is 4.39 Å². The van der Waals surface area contributed by atoms with Gasteiger partial charge in [-0.25, -0.2) is 13.6 Å². The highest BCUT2D eigenvalue weighted by molar-refractivity contribution is 6.00. The minimum Gasteiger partial charge on any atom is -0.475 e. The Labute approximate surface area is 263 Å². The molecule has 1 aliphatic carbocycles. The molecule has 0 aromatic heterocycles. The van der Waals surface area contributed by atoms with Crippen LogP contribution in [0.1, 0.15) is 43.0 Å². The molecule has 9 nitrogen and oxygen atoms in total. The number of hydrogen-bond acceptors (Lipinski definition) is 5. The Morgan fingerprint density at radius 1 is 0.978 bits per heavy atom. The Morgan fingerprint density at radius 3 is 2.04 bits per heavy atom. The van der Waals surface area contributed by atoms with Gasteiger partial charge in [-0.1, -0.05) is 44.2 Å². The predicted molar refractivity (Wildman–Crippen MR) is 156 cm³/mol. The summed E-state index contributed by atoms with van der Waals surface area (Å²) in [5.74, 6) is -5.78. The largest absolute Gasteiger partial charge is 0.490 e. The fourth-order valence-corrected chi connectivity index (χ4v) is 6.20. The van der Waals surface area contributed by atoms with Crippen LogP contribution in [0.4, 0.5) is 22.0 Å². The standard InChI is InChI=1S/C30H36F2N4O3.C2HF3O2/c1-18(2)14-25-28(37)33-26(21-15-19-6-4-5-7-20(19)16-21)29(38)36(25)27(23-9-8-22(31)17-24(23)32)30(39)35-12-10-34(3)11-13-35;3-2(4,5)1(6)7/h4-9,17-18,21,25-27H,10-16H2,1-3H3,(H,33,37);(H,6,7)/t25-,26-,27-;/m1./s1. The van der Waals surface area contributed by atoms with Gasteiger partial charge in [0.15, 0.2) is 0 Å². The van der Waals surface area contributed by atoms with Gasteiger partial charge in [-0.3, -0.25) is 14.4 Å². The van der Waals surface area contributed by atoms with Crippen LogP contribution >= 0.6 is 0 Å². The second-order valence-corrected chi connectivity index (χ2v) is 12.3. The monoisotopic (exact) mass is 652 g/mol. The summed E-state index contributed by atoms with van der Waals surface area (Å²) in [5.41, 5.74) is 2.18. The molecule has 250 valence electrons. The van der Waals surface area contributed by atoms with Crippen molar-refractivity contribution < 1.29 is 46.2 Å². The third kappa shape index (κ3) is 7.83. The lowest BCUT2D eigenvalue weighted by Gasteiger charge is -2.46. The molecule has 2 aromatic carbocycles. The molecule has 2 heterocycles. The van der Waals surface area contributed by atoms with E-state index in [0.29, 0.717) is 45.4 Å². The molecule has 5 rings (SSSR count). The maximum Gasteiger partial charge on any atom is 0.490 e. The molecule has 3 amide bonds. The number of nitrogens with one attached hydrogen (secondary N) is 1. The van der Waals surface area contributed by atoms with Gasteiger partial charge in [-0.15, -0.1) is 0 Å². The Bertz CT molecular complexity index is 1440. The van der Waals surface area contributed by atoms with E-state index in [0.717, 1.165) is 23.3 Å². The van der Waals surface area contributed by atoms with E-state index in [-0.39, 0.29) is 23.3 Å². The number of fused-ring (bicyclic) bond motifs is 1. The van der Waals surface area contributed by atoms with Crippen molar-refractivity contribution in [1.29, 1.82) is 0 Å². The maximum atomic E-state index is 15.4. The van der Waals surface area contributed by atoms with Gasteiger partial charge in [0, 0.05) is 37.8 Å². The number of piperazine rings is 2. The summed E-state index contributed by atoms with van der Waals surface area (Å²) in [6.45, 7) is 5.98. The number of alkyl halides is 3. The van der Waals surface area contributed by atoms with Gasteiger partial charge in [-0.05, 0) is 55.3 Å². The summed E-state index contributed by atoms with van der Waals surface area (Å²) >= 11 is 0. The lowest BCUT2D eigenvalue weighted by molar-refractivity contribution is -0.192. The van der Waals surface area contributed by atoms with Gasteiger partial charge in [0.05, 0.1) is 0 Å². The minimum absolute atomic E-state index is 0.0285. The number of carbonyl (C=O) groups is 4. The molecule has 3 atom stereocenters. The van der Waals surface area contributed by atoms with Crippen LogP contribution in [0.2, 0.25) is 0 Å². The molecule has 46 heavy (non-hydrogen) atoms. The van der Waals surface area contributed by atoms with E-state index in [1.165, 1.54) is 11.0 Å². The van der Waals surface area contributed by atoms with E-state index in [9.17, 15) is 31.9 Å². The van der Waals surface area contributed by atoms with Crippen LogP contribution in [-0.2, 0) is 32.0 Å². The molecular formula is C32H37F5N4O5. The Morgan fingerprint density at radius 2 is 1.54 bits per heavy atom. The predicted octanol–water partition coefficient (Wildman–Crippen LogP) is 3.57. The lowest BCUT2D eigenvalue weighted by atomic mass is 9.87. The average molecular weight is 653 g/mol. The highest BCUT2D eigenvalue weighted by Crippen LogP contribution is 2.37. The molecule has 0 saturated carbocycles. The topological polar surface area (TPSA) is 110 Å². The Hall–Kier alpha value is -4.07. The first-order valence-corrected chi connectivity index (χ1v) is 15.0. The number of amides is 3. The first kappa shape index (κ1) is 34.8. The number of nitrogens with zero attached hydrogens (tertiary/aromatic N) is 3. The molecule has 2 aromatic rings. The van der Waals surface area contributed by atoms with Crippen molar-refractivity contribution >= 4 is 23.7 Å². The van der Waals surface area contributed by atoms with Crippen LogP contribution in [0.5, 0.6) is 0 Å². The van der Waals surface area contributed by atoms with Crippen molar-refractivity contribution in [3.05, 3.63) is 70.8 Å². The quantitative estimate of drug-likeness (QED) is 0.462. The minimum atomic E-state index is -5.08. The number of likely N-dealkylation sites (N-methyl/N-ethyl adjacent to an activating group) is 1. The van der Waals surface area contributed by atoms with E-state index in [2.05, 4.69) is 10.2 Å². The van der Waals surface area contributed by atoms with Crippen molar-refractivity contribution in [2.45, 2.75) is 57.4 Å². The summed E-state index contributed by atoms with van der Waals surface area (Å²) in [4.78, 5) is 56.1. The molecule has 2 N–H and O–H groups in total. The number of benzene rings is 2. The first-order chi connectivity index (χ1) is 21.6. The second kappa shape index (κ2) is 14.1. The third-order valence-corrected chi connectivity index (χ3v) is 8.53. The van der Waals surface area contributed by atoms with Crippen molar-refractivity contribution in [2.75, 3.05) is 33.2 Å². The van der Waals surface area contributed by atoms with E-state index in [1.807, 2.05) is 45.2 Å². The summed E-state index contributed by atoms with van der Waals surface area (Å²) in [5, 5.41) is 10.1. The van der Waals surface area contributed by atoms with Gasteiger partial charge in [0.25, 0.3) is 0 Å². The number of carbonyl (C=O) groups excluding carboxylic acids is 3. The van der Waals surface area contributed by atoms with Crippen LogP contribution in [0.15, 0.2) is 42.5 Å². The highest BCUT2D eigenvalue weighted by Gasteiger charge is 2.50. The van der Waals surface area contributed by atoms with Crippen LogP contribution < -0.4 is 5.32 Å². The molecule has 2 aliphatic heterocycles. The zero-order valence-electron chi connectivity index (χ0n) is 25.7. The summed E-state index contributed by atoms with van der Waals surface area (Å²) in [7, 11) is 1.96. The normalized spacial score (nSPS) is 21.4. The fourth-order valence-electron chi connectivity index (χ4n) is 6.20. The van der Waals surface area contributed by atoms with E-state index < -0.39 is 53.7 Å². The SMILES string of the molecule is CC(C)C[C@@H]1C(=O)N[C@H](C2Cc3ccccc3C2)C(=O)N1[C@@H](C(=O)N1CCN(C)CC1)c1ccc(F)cc1F.O=C(O)C(F)(F)F. The third-order valence-electron chi connectivity index (χ3n) is 8.53. The van der Waals surface area contributed by atoms with Crippen molar-refractivity contribution in [3.63, 3.8) is 0 Å².